The van der Waals surface area contributed by atoms with Crippen molar-refractivity contribution in [3.63, 3.8) is 0 Å². The van der Waals surface area contributed by atoms with Crippen LogP contribution < -0.4 is 11.2 Å². The van der Waals surface area contributed by atoms with Crippen molar-refractivity contribution in [3.05, 3.63) is 0 Å². The minimum atomic E-state index is 0.817. The molecule has 17 heavy (non-hydrogen) atoms. The number of rotatable bonds is 4. The van der Waals surface area contributed by atoms with E-state index in [9.17, 15) is 0 Å². The number of nitrogens with zero attached hydrogens (tertiary/aromatic N) is 4. The molecule has 3 N–H and O–H groups in total. The van der Waals surface area contributed by atoms with Gasteiger partial charge in [-0.1, -0.05) is 0 Å². The number of aliphatic imine (C=N–C) groups is 1. The van der Waals surface area contributed by atoms with Crippen LogP contribution in [-0.4, -0.2) is 80.2 Å². The van der Waals surface area contributed by atoms with Gasteiger partial charge >= 0.3 is 0 Å². The minimum Gasteiger partial charge on any atom is -0.355 e. The van der Waals surface area contributed by atoms with Crippen LogP contribution in [0.1, 0.15) is 6.42 Å². The number of piperazine rings is 1. The Morgan fingerprint density at radius 2 is 2.00 bits per heavy atom. The Bertz CT molecular complexity index is 259. The van der Waals surface area contributed by atoms with E-state index in [1.807, 2.05) is 0 Å². The molecule has 2 rings (SSSR count). The standard InChI is InChI=1S/C11H24N6/c1-15-7-9-16(10-8-15)5-2-3-13-11-14-4-6-17(11)12/h2-10,12H2,1H3,(H,13,14). The Morgan fingerprint density at radius 3 is 2.65 bits per heavy atom. The maximum atomic E-state index is 5.74. The first-order valence-electron chi connectivity index (χ1n) is 6.47. The van der Waals surface area contributed by atoms with Gasteiger partial charge in [0.25, 0.3) is 0 Å². The Morgan fingerprint density at radius 1 is 1.24 bits per heavy atom. The lowest BCUT2D eigenvalue weighted by Crippen LogP contribution is -2.46. The van der Waals surface area contributed by atoms with E-state index in [1.54, 1.807) is 5.01 Å². The van der Waals surface area contributed by atoms with Crippen molar-refractivity contribution in [2.24, 2.45) is 10.8 Å². The largest absolute Gasteiger partial charge is 0.355 e. The molecule has 0 saturated carbocycles. The molecule has 1 fully saturated rings. The van der Waals surface area contributed by atoms with Gasteiger partial charge in [0.2, 0.25) is 5.96 Å². The fourth-order valence-corrected chi connectivity index (χ4v) is 2.19. The van der Waals surface area contributed by atoms with Gasteiger partial charge in [-0.3, -0.25) is 10.0 Å². The van der Waals surface area contributed by atoms with Crippen molar-refractivity contribution in [1.82, 2.24) is 20.1 Å². The molecule has 2 heterocycles. The number of nitrogens with one attached hydrogen (secondary N) is 1. The summed E-state index contributed by atoms with van der Waals surface area (Å²) in [7, 11) is 2.19. The average molecular weight is 240 g/mol. The van der Waals surface area contributed by atoms with Crippen LogP contribution in [0.2, 0.25) is 0 Å². The maximum Gasteiger partial charge on any atom is 0.208 e. The molecule has 0 bridgehead atoms. The van der Waals surface area contributed by atoms with E-state index in [4.69, 9.17) is 5.84 Å². The molecule has 0 radical (unpaired) electrons. The molecule has 1 saturated heterocycles. The maximum absolute atomic E-state index is 5.74. The van der Waals surface area contributed by atoms with Crippen LogP contribution in [0.5, 0.6) is 0 Å². The van der Waals surface area contributed by atoms with E-state index in [-0.39, 0.29) is 0 Å². The van der Waals surface area contributed by atoms with E-state index >= 15 is 0 Å². The summed E-state index contributed by atoms with van der Waals surface area (Å²) in [6.45, 7) is 8.55. The van der Waals surface area contributed by atoms with E-state index in [1.165, 1.54) is 32.7 Å². The van der Waals surface area contributed by atoms with Crippen molar-refractivity contribution in [2.75, 3.05) is 59.4 Å². The molecular formula is C11H24N6. The summed E-state index contributed by atoms with van der Waals surface area (Å²) in [6.07, 6.45) is 1.15. The van der Waals surface area contributed by atoms with Crippen LogP contribution in [0.4, 0.5) is 0 Å². The van der Waals surface area contributed by atoms with Crippen LogP contribution in [0.25, 0.3) is 0 Å². The number of likely N-dealkylation sites (N-methyl/N-ethyl adjacent to an activating group) is 1. The number of hydrazine groups is 1. The van der Waals surface area contributed by atoms with E-state index in [2.05, 4.69) is 27.2 Å². The summed E-state index contributed by atoms with van der Waals surface area (Å²) >= 11 is 0. The second kappa shape index (κ2) is 6.18. The van der Waals surface area contributed by atoms with Gasteiger partial charge in [0.1, 0.15) is 0 Å². The number of hydrogen-bond donors (Lipinski definition) is 2. The van der Waals surface area contributed by atoms with Crippen molar-refractivity contribution >= 4 is 5.96 Å². The van der Waals surface area contributed by atoms with Gasteiger partial charge in [0, 0.05) is 32.7 Å². The molecule has 0 unspecified atom stereocenters. The SMILES string of the molecule is CN1CCN(CCCNC2=NCCN2N)CC1. The van der Waals surface area contributed by atoms with Gasteiger partial charge in [-0.15, -0.1) is 0 Å². The molecule has 0 aromatic carbocycles. The Kier molecular flexibility index (Phi) is 4.58. The van der Waals surface area contributed by atoms with E-state index < -0.39 is 0 Å². The third-order valence-electron chi connectivity index (χ3n) is 3.40. The van der Waals surface area contributed by atoms with Crippen molar-refractivity contribution < 1.29 is 0 Å². The quantitative estimate of drug-likeness (QED) is 0.475. The minimum absolute atomic E-state index is 0.817. The lowest BCUT2D eigenvalue weighted by Gasteiger charge is -2.32. The van der Waals surface area contributed by atoms with E-state index in [0.717, 1.165) is 32.0 Å². The highest BCUT2D eigenvalue weighted by molar-refractivity contribution is 5.80. The molecule has 0 aromatic rings. The Labute approximate surface area is 103 Å². The number of nitrogens with two attached hydrogens (primary N) is 1. The molecule has 0 aliphatic carbocycles. The Hall–Kier alpha value is -0.850. The van der Waals surface area contributed by atoms with Crippen LogP contribution in [0.3, 0.4) is 0 Å². The van der Waals surface area contributed by atoms with Gasteiger partial charge in [-0.25, -0.2) is 5.84 Å². The molecule has 0 amide bonds. The third-order valence-corrected chi connectivity index (χ3v) is 3.40. The second-order valence-corrected chi connectivity index (χ2v) is 4.82. The Balaban J connectivity index is 1.54. The zero-order chi connectivity index (χ0) is 12.1. The zero-order valence-electron chi connectivity index (χ0n) is 10.7. The molecule has 2 aliphatic heterocycles. The van der Waals surface area contributed by atoms with Crippen LogP contribution in [0, 0.1) is 0 Å². The molecule has 98 valence electrons. The first-order valence-corrected chi connectivity index (χ1v) is 6.47. The summed E-state index contributed by atoms with van der Waals surface area (Å²) in [5.74, 6) is 6.59. The number of hydrogen-bond acceptors (Lipinski definition) is 6. The number of guanidine groups is 1. The van der Waals surface area contributed by atoms with Gasteiger partial charge in [0.05, 0.1) is 13.1 Å². The summed E-state index contributed by atoms with van der Waals surface area (Å²) in [5, 5.41) is 4.98. The van der Waals surface area contributed by atoms with Crippen LogP contribution >= 0.6 is 0 Å². The highest BCUT2D eigenvalue weighted by atomic mass is 15.5. The molecule has 0 spiro atoms. The summed E-state index contributed by atoms with van der Waals surface area (Å²) in [5.41, 5.74) is 0. The van der Waals surface area contributed by atoms with Gasteiger partial charge < -0.3 is 15.1 Å². The highest BCUT2D eigenvalue weighted by Gasteiger charge is 2.14. The van der Waals surface area contributed by atoms with Crippen molar-refractivity contribution in [3.8, 4) is 0 Å². The van der Waals surface area contributed by atoms with Gasteiger partial charge in [0.15, 0.2) is 0 Å². The zero-order valence-corrected chi connectivity index (χ0v) is 10.7. The average Bonchev–Trinajstić information content (AvgIpc) is 2.73. The summed E-state index contributed by atoms with van der Waals surface area (Å²) < 4.78 is 0. The monoisotopic (exact) mass is 240 g/mol. The molecule has 6 nitrogen and oxygen atoms in total. The van der Waals surface area contributed by atoms with Crippen LogP contribution in [0.15, 0.2) is 4.99 Å². The summed E-state index contributed by atoms with van der Waals surface area (Å²) in [6, 6.07) is 0. The highest BCUT2D eigenvalue weighted by Crippen LogP contribution is 1.99. The lowest BCUT2D eigenvalue weighted by molar-refractivity contribution is 0.153. The predicted molar refractivity (Wildman–Crippen MR) is 69.8 cm³/mol. The van der Waals surface area contributed by atoms with E-state index in [0.29, 0.717) is 0 Å². The topological polar surface area (TPSA) is 60.1 Å². The van der Waals surface area contributed by atoms with Crippen LogP contribution in [-0.2, 0) is 0 Å². The summed E-state index contributed by atoms with van der Waals surface area (Å²) in [4.78, 5) is 9.21. The van der Waals surface area contributed by atoms with Crippen molar-refractivity contribution in [2.45, 2.75) is 6.42 Å². The molecule has 6 heteroatoms. The smallest absolute Gasteiger partial charge is 0.208 e. The normalized spacial score (nSPS) is 22.9. The molecular weight excluding hydrogens is 216 g/mol. The lowest BCUT2D eigenvalue weighted by atomic mass is 10.3. The molecule has 2 aliphatic rings. The fraction of sp³-hybridized carbons (Fsp3) is 0.909. The van der Waals surface area contributed by atoms with Gasteiger partial charge in [-0.2, -0.15) is 0 Å². The predicted octanol–water partition coefficient (Wildman–Crippen LogP) is -1.24. The van der Waals surface area contributed by atoms with Crippen molar-refractivity contribution in [1.29, 1.82) is 0 Å². The molecule has 0 aromatic heterocycles. The van der Waals surface area contributed by atoms with Gasteiger partial charge in [-0.05, 0) is 20.0 Å². The first kappa shape index (κ1) is 12.6. The third kappa shape index (κ3) is 3.83. The fourth-order valence-electron chi connectivity index (χ4n) is 2.19. The first-order chi connectivity index (χ1) is 8.25. The molecule has 0 atom stereocenters. The second-order valence-electron chi connectivity index (χ2n) is 4.82.